The summed E-state index contributed by atoms with van der Waals surface area (Å²) in [6.07, 6.45) is 5.97. The number of nitrogens with zero attached hydrogens (tertiary/aromatic N) is 5. The van der Waals surface area contributed by atoms with Crippen LogP contribution < -0.4 is 15.6 Å². The van der Waals surface area contributed by atoms with Gasteiger partial charge >= 0.3 is 0 Å². The minimum absolute atomic E-state index is 0.0155. The summed E-state index contributed by atoms with van der Waals surface area (Å²) in [6.45, 7) is 1.68. The maximum atomic E-state index is 13.0. The lowest BCUT2D eigenvalue weighted by molar-refractivity contribution is 0.0815. The molecule has 12 heteroatoms. The van der Waals surface area contributed by atoms with Gasteiger partial charge in [-0.3, -0.25) is 9.59 Å². The summed E-state index contributed by atoms with van der Waals surface area (Å²) >= 11 is 3.24. The molecule has 2 aliphatic rings. The van der Waals surface area contributed by atoms with Crippen molar-refractivity contribution >= 4 is 67.8 Å². The zero-order chi connectivity index (χ0) is 29.7. The van der Waals surface area contributed by atoms with E-state index >= 15 is 0 Å². The Labute approximate surface area is 256 Å². The van der Waals surface area contributed by atoms with Crippen LogP contribution in [0.15, 0.2) is 51.1 Å². The maximum absolute atomic E-state index is 13.0. The molecule has 5 heterocycles. The molecule has 222 valence electrons. The van der Waals surface area contributed by atoms with Gasteiger partial charge in [-0.15, -0.1) is 11.3 Å². The van der Waals surface area contributed by atoms with Gasteiger partial charge in [-0.2, -0.15) is 16.7 Å². The summed E-state index contributed by atoms with van der Waals surface area (Å²) in [5.74, 6) is 2.87. The van der Waals surface area contributed by atoms with Crippen LogP contribution in [-0.4, -0.2) is 69.1 Å². The van der Waals surface area contributed by atoms with Crippen molar-refractivity contribution in [1.29, 1.82) is 0 Å². The molecule has 1 saturated heterocycles. The van der Waals surface area contributed by atoms with Gasteiger partial charge in [0.1, 0.15) is 21.8 Å². The van der Waals surface area contributed by atoms with Gasteiger partial charge in [-0.1, -0.05) is 18.9 Å². The Hall–Kier alpha value is -4.03. The smallest absolute Gasteiger partial charge is 0.270 e. The number of benzene rings is 1. The number of fused-ring (bicyclic) bond motifs is 2. The van der Waals surface area contributed by atoms with Crippen molar-refractivity contribution in [3.63, 3.8) is 0 Å². The van der Waals surface area contributed by atoms with Gasteiger partial charge in [-0.05, 0) is 36.6 Å². The van der Waals surface area contributed by atoms with Crippen molar-refractivity contribution in [2.75, 3.05) is 48.9 Å². The molecule has 1 aliphatic carbocycles. The Kier molecular flexibility index (Phi) is 7.26. The number of thiophene rings is 1. The van der Waals surface area contributed by atoms with E-state index < -0.39 is 0 Å². The van der Waals surface area contributed by atoms with E-state index in [0.717, 1.165) is 66.8 Å². The molecular formula is C31H32N6O4S2. The predicted molar refractivity (Wildman–Crippen MR) is 173 cm³/mol. The van der Waals surface area contributed by atoms with Crippen LogP contribution in [0, 0.1) is 0 Å². The highest BCUT2D eigenvalue weighted by Gasteiger charge is 2.27. The number of rotatable bonds is 6. The lowest BCUT2D eigenvalue weighted by Gasteiger charge is -2.26. The van der Waals surface area contributed by atoms with E-state index in [-0.39, 0.29) is 23.1 Å². The fraction of sp³-hybridized carbons (Fsp3) is 0.355. The summed E-state index contributed by atoms with van der Waals surface area (Å²) in [5, 5.41) is 16.9. The first kappa shape index (κ1) is 27.8. The minimum atomic E-state index is -0.0634. The fourth-order valence-electron chi connectivity index (χ4n) is 5.99. The van der Waals surface area contributed by atoms with Crippen molar-refractivity contribution in [3.05, 3.63) is 57.8 Å². The summed E-state index contributed by atoms with van der Waals surface area (Å²) in [4.78, 5) is 38.9. The molecule has 2 N–H and O–H groups in total. The van der Waals surface area contributed by atoms with E-state index in [0.29, 0.717) is 39.1 Å². The molecule has 0 spiro atoms. The van der Waals surface area contributed by atoms with Crippen molar-refractivity contribution < 1.29 is 14.3 Å². The molecule has 10 nitrogen and oxygen atoms in total. The summed E-state index contributed by atoms with van der Waals surface area (Å²) in [6, 6.07) is 8.96. The lowest BCUT2D eigenvalue weighted by atomic mass is 10.1. The number of hydrogen-bond acceptors (Lipinski definition) is 10. The predicted octanol–water partition coefficient (Wildman–Crippen LogP) is 6.09. The van der Waals surface area contributed by atoms with E-state index in [4.69, 9.17) is 9.40 Å². The van der Waals surface area contributed by atoms with Crippen molar-refractivity contribution in [2.45, 2.75) is 31.7 Å². The van der Waals surface area contributed by atoms with E-state index in [1.807, 2.05) is 29.3 Å². The number of hydrogen-bond donors (Lipinski definition) is 2. The Balaban J connectivity index is 1.21. The van der Waals surface area contributed by atoms with Crippen LogP contribution in [0.2, 0.25) is 0 Å². The third-order valence-corrected chi connectivity index (χ3v) is 10.1. The molecule has 2 fully saturated rings. The first-order chi connectivity index (χ1) is 20.9. The van der Waals surface area contributed by atoms with Gasteiger partial charge < -0.3 is 29.2 Å². The fourth-order valence-corrected chi connectivity index (χ4v) is 7.80. The van der Waals surface area contributed by atoms with Gasteiger partial charge in [0, 0.05) is 73.3 Å². The third-order valence-electron chi connectivity index (χ3n) is 8.20. The number of phenolic OH excluding ortho intramolecular Hbond substituents is 1. The SMILES string of the molecule is CN(C)C(=O)c1cc2cnc(Nc3ccc(-c4csc5c(=O)cc(N6CCSCC6)oc45)cc3O)nc2n1C1CCCC1. The number of aromatic nitrogens is 3. The second-order valence-corrected chi connectivity index (χ2v) is 13.3. The van der Waals surface area contributed by atoms with Gasteiger partial charge in [0.15, 0.2) is 11.5 Å². The normalized spacial score (nSPS) is 15.9. The molecule has 0 unspecified atom stereocenters. The second-order valence-electron chi connectivity index (χ2n) is 11.2. The van der Waals surface area contributed by atoms with Crippen LogP contribution in [0.4, 0.5) is 17.5 Å². The van der Waals surface area contributed by atoms with E-state index in [1.54, 1.807) is 43.4 Å². The second kappa shape index (κ2) is 11.2. The van der Waals surface area contributed by atoms with Gasteiger partial charge in [-0.25, -0.2) is 4.98 Å². The van der Waals surface area contributed by atoms with E-state index in [9.17, 15) is 14.7 Å². The summed E-state index contributed by atoms with van der Waals surface area (Å²) < 4.78 is 8.91. The standard InChI is InChI=1S/C31H32N6O4S2/c1-35(2)30(40)23-13-19-16-32-31(34-29(19)37(23)20-5-3-4-6-20)33-22-8-7-18(14-24(22)38)21-17-43-28-25(39)15-26(41-27(21)28)36-9-11-42-12-10-36/h7-8,13-17,20,38H,3-6,9-12H2,1-2H3,(H,32,33,34). The first-order valence-electron chi connectivity index (χ1n) is 14.5. The number of carbonyl (C=O) groups excluding carboxylic acids is 1. The minimum Gasteiger partial charge on any atom is -0.506 e. The number of aromatic hydroxyl groups is 1. The average molecular weight is 617 g/mol. The molecule has 0 atom stereocenters. The molecule has 1 saturated carbocycles. The lowest BCUT2D eigenvalue weighted by Crippen LogP contribution is -2.32. The number of anilines is 3. The number of carbonyl (C=O) groups is 1. The quantitative estimate of drug-likeness (QED) is 0.219. The zero-order valence-corrected chi connectivity index (χ0v) is 25.6. The van der Waals surface area contributed by atoms with Gasteiger partial charge in [0.25, 0.3) is 5.91 Å². The van der Waals surface area contributed by atoms with Crippen molar-refractivity contribution in [2.24, 2.45) is 0 Å². The van der Waals surface area contributed by atoms with Crippen LogP contribution in [0.1, 0.15) is 42.2 Å². The van der Waals surface area contributed by atoms with Crippen molar-refractivity contribution in [3.8, 4) is 16.9 Å². The molecule has 1 aliphatic heterocycles. The average Bonchev–Trinajstić information content (AvgIpc) is 3.77. The third kappa shape index (κ3) is 5.12. The van der Waals surface area contributed by atoms with Crippen LogP contribution >= 0.6 is 23.1 Å². The number of phenols is 1. The van der Waals surface area contributed by atoms with Crippen LogP contribution in [0.25, 0.3) is 32.4 Å². The Morgan fingerprint density at radius 1 is 1.14 bits per heavy atom. The number of thioether (sulfide) groups is 1. The monoisotopic (exact) mass is 616 g/mol. The highest BCUT2D eigenvalue weighted by atomic mass is 32.2. The Morgan fingerprint density at radius 3 is 2.67 bits per heavy atom. The first-order valence-corrected chi connectivity index (χ1v) is 16.5. The summed E-state index contributed by atoms with van der Waals surface area (Å²) in [5.41, 5.74) is 3.74. The number of nitrogens with one attached hydrogen (secondary N) is 1. The largest absolute Gasteiger partial charge is 0.506 e. The molecule has 1 aromatic carbocycles. The molecule has 0 bridgehead atoms. The zero-order valence-electron chi connectivity index (χ0n) is 24.0. The van der Waals surface area contributed by atoms with Gasteiger partial charge in [0.2, 0.25) is 11.4 Å². The number of amides is 1. The van der Waals surface area contributed by atoms with Crippen LogP contribution in [0.5, 0.6) is 5.75 Å². The van der Waals surface area contributed by atoms with Crippen LogP contribution in [0.3, 0.4) is 0 Å². The molecule has 1 amide bonds. The topological polar surface area (TPSA) is 117 Å². The molecular weight excluding hydrogens is 585 g/mol. The molecule has 4 aromatic heterocycles. The van der Waals surface area contributed by atoms with Gasteiger partial charge in [0.05, 0.1) is 5.69 Å². The molecule has 7 rings (SSSR count). The van der Waals surface area contributed by atoms with E-state index in [2.05, 4.69) is 19.8 Å². The Bertz CT molecular complexity index is 1900. The maximum Gasteiger partial charge on any atom is 0.270 e. The van der Waals surface area contributed by atoms with Crippen molar-refractivity contribution in [1.82, 2.24) is 19.4 Å². The molecule has 0 radical (unpaired) electrons. The molecule has 43 heavy (non-hydrogen) atoms. The highest BCUT2D eigenvalue weighted by molar-refractivity contribution is 7.99. The van der Waals surface area contributed by atoms with E-state index in [1.165, 1.54) is 11.3 Å². The Morgan fingerprint density at radius 2 is 1.93 bits per heavy atom. The molecule has 5 aromatic rings. The summed E-state index contributed by atoms with van der Waals surface area (Å²) in [7, 11) is 3.51. The van der Waals surface area contributed by atoms with Crippen LogP contribution in [-0.2, 0) is 0 Å². The highest BCUT2D eigenvalue weighted by Crippen LogP contribution is 2.39.